The summed E-state index contributed by atoms with van der Waals surface area (Å²) < 4.78 is 0. The van der Waals surface area contributed by atoms with E-state index in [2.05, 4.69) is 0 Å². The van der Waals surface area contributed by atoms with Crippen LogP contribution in [0.25, 0.3) is 0 Å². The number of hydrogen-bond acceptors (Lipinski definition) is 0. The molecule has 0 aromatic rings. The van der Waals surface area contributed by atoms with Gasteiger partial charge in [-0.3, -0.25) is 0 Å². The van der Waals surface area contributed by atoms with Crippen LogP contribution in [0.15, 0.2) is 0 Å². The maximum Gasteiger partial charge on any atom is 0.0231 e. The first-order chi connectivity index (χ1) is 3.56. The Balaban J connectivity index is 3.11. The van der Waals surface area contributed by atoms with Crippen molar-refractivity contribution in [3.05, 3.63) is 0 Å². The molecule has 0 saturated heterocycles. The van der Waals surface area contributed by atoms with E-state index >= 15 is 0 Å². The van der Waals surface area contributed by atoms with Gasteiger partial charge >= 0.3 is 0 Å². The van der Waals surface area contributed by atoms with E-state index in [-0.39, 0.29) is 0 Å². The van der Waals surface area contributed by atoms with Crippen molar-refractivity contribution in [2.45, 2.75) is 6.42 Å². The van der Waals surface area contributed by atoms with E-state index in [0.717, 1.165) is 6.42 Å². The van der Waals surface area contributed by atoms with E-state index in [0.29, 0.717) is 11.6 Å². The molecule has 0 saturated carbocycles. The molecule has 0 nitrogen and oxygen atoms in total. The van der Waals surface area contributed by atoms with Crippen molar-refractivity contribution < 1.29 is 0 Å². The van der Waals surface area contributed by atoms with E-state index in [1.165, 1.54) is 0 Å². The Morgan fingerprint density at radius 2 is 1.62 bits per heavy atom. The average Bonchev–Trinajstić information content (AvgIpc) is 1.59. The average molecular weight is 216 g/mol. The van der Waals surface area contributed by atoms with Crippen molar-refractivity contribution in [2.24, 2.45) is 0 Å². The smallest absolute Gasteiger partial charge is 0.0231 e. The van der Waals surface area contributed by atoms with Gasteiger partial charge < -0.3 is 0 Å². The minimum Gasteiger partial charge on any atom is -0.127 e. The standard InChI is InChI=1S/C3H6Cl4S/c4-2-1-3-8(5,6)7/h1-3H2. The summed E-state index contributed by atoms with van der Waals surface area (Å²) in [6.07, 6.45) is 0.785. The van der Waals surface area contributed by atoms with Gasteiger partial charge in [0.2, 0.25) is 0 Å². The zero-order valence-electron chi connectivity index (χ0n) is 4.04. The zero-order chi connectivity index (χ0) is 6.62. The third-order valence-corrected chi connectivity index (χ3v) is 2.92. The third kappa shape index (κ3) is 7.51. The van der Waals surface area contributed by atoms with Crippen molar-refractivity contribution in [3.8, 4) is 0 Å². The SMILES string of the molecule is ClCCCS(Cl)(Cl)Cl. The highest BCUT2D eigenvalue weighted by Gasteiger charge is 2.10. The van der Waals surface area contributed by atoms with E-state index in [9.17, 15) is 0 Å². The lowest BCUT2D eigenvalue weighted by Gasteiger charge is -2.12. The van der Waals surface area contributed by atoms with E-state index in [4.69, 9.17) is 43.6 Å². The number of rotatable bonds is 3. The fraction of sp³-hybridized carbons (Fsp3) is 1.00. The molecule has 0 unspecified atom stereocenters. The van der Waals surface area contributed by atoms with Gasteiger partial charge in [-0.05, 0) is 46.1 Å². The van der Waals surface area contributed by atoms with Crippen LogP contribution in [-0.4, -0.2) is 11.6 Å². The Kier molecular flexibility index (Phi) is 5.17. The Hall–Kier alpha value is 1.51. The molecule has 0 aliphatic carbocycles. The Morgan fingerprint density at radius 3 is 1.75 bits per heavy atom. The monoisotopic (exact) mass is 214 g/mol. The van der Waals surface area contributed by atoms with Gasteiger partial charge in [-0.15, -0.1) is 11.6 Å². The van der Waals surface area contributed by atoms with Gasteiger partial charge in [-0.1, -0.05) is 0 Å². The van der Waals surface area contributed by atoms with Crippen LogP contribution in [0.5, 0.6) is 0 Å². The molecular weight excluding hydrogens is 210 g/mol. The fourth-order valence-corrected chi connectivity index (χ4v) is 1.96. The van der Waals surface area contributed by atoms with Crippen LogP contribution in [0.1, 0.15) is 6.42 Å². The van der Waals surface area contributed by atoms with Crippen molar-refractivity contribution >= 4 is 51.3 Å². The first-order valence-electron chi connectivity index (χ1n) is 2.02. The van der Waals surface area contributed by atoms with Crippen LogP contribution in [0.2, 0.25) is 0 Å². The van der Waals surface area contributed by atoms with Crippen molar-refractivity contribution in [1.82, 2.24) is 0 Å². The molecule has 0 rings (SSSR count). The number of hydrogen-bond donors (Lipinski definition) is 0. The zero-order valence-corrected chi connectivity index (χ0v) is 7.88. The van der Waals surface area contributed by atoms with Gasteiger partial charge in [-0.25, -0.2) is 0 Å². The van der Waals surface area contributed by atoms with Crippen LogP contribution in [-0.2, 0) is 0 Å². The molecule has 0 aromatic carbocycles. The molecule has 0 N–H and O–H groups in total. The van der Waals surface area contributed by atoms with E-state index in [1.807, 2.05) is 0 Å². The molecule has 52 valence electrons. The third-order valence-electron chi connectivity index (χ3n) is 0.509. The summed E-state index contributed by atoms with van der Waals surface area (Å²) in [5.41, 5.74) is 0. The Labute approximate surface area is 69.3 Å². The lowest BCUT2D eigenvalue weighted by Crippen LogP contribution is -1.83. The molecule has 0 aliphatic rings. The molecule has 0 bridgehead atoms. The lowest BCUT2D eigenvalue weighted by atomic mass is 10.6. The summed E-state index contributed by atoms with van der Waals surface area (Å²) in [5, 5.41) is 0. The minimum atomic E-state index is -1.85. The molecule has 0 amide bonds. The van der Waals surface area contributed by atoms with Gasteiger partial charge in [0.15, 0.2) is 0 Å². The molecule has 0 aromatic heterocycles. The minimum absolute atomic E-state index is 0.570. The summed E-state index contributed by atoms with van der Waals surface area (Å²) >= 11 is 5.34. The van der Waals surface area contributed by atoms with Crippen LogP contribution >= 0.6 is 51.3 Å². The summed E-state index contributed by atoms with van der Waals surface area (Å²) in [6.45, 7) is 0. The second-order valence-corrected chi connectivity index (χ2v) is 9.20. The van der Waals surface area contributed by atoms with Crippen LogP contribution in [0, 0.1) is 0 Å². The van der Waals surface area contributed by atoms with Crippen molar-refractivity contribution in [2.75, 3.05) is 11.6 Å². The first-order valence-corrected chi connectivity index (χ1v) is 6.83. The molecule has 5 heteroatoms. The maximum absolute atomic E-state index is 5.47. The largest absolute Gasteiger partial charge is 0.127 e. The normalized spacial score (nSPS) is 14.0. The topological polar surface area (TPSA) is 0 Å². The predicted octanol–water partition coefficient (Wildman–Crippen LogP) is 3.88. The summed E-state index contributed by atoms with van der Waals surface area (Å²) in [7, 11) is 14.5. The van der Waals surface area contributed by atoms with Gasteiger partial charge in [0.1, 0.15) is 0 Å². The highest BCUT2D eigenvalue weighted by Crippen LogP contribution is 2.63. The summed E-state index contributed by atoms with van der Waals surface area (Å²) in [4.78, 5) is 0. The molecule has 0 radical (unpaired) electrons. The van der Waals surface area contributed by atoms with Gasteiger partial charge in [0.25, 0.3) is 0 Å². The first kappa shape index (κ1) is 9.51. The van der Waals surface area contributed by atoms with Gasteiger partial charge in [-0.2, -0.15) is 0 Å². The van der Waals surface area contributed by atoms with Crippen LogP contribution in [0.3, 0.4) is 0 Å². The number of alkyl halides is 1. The van der Waals surface area contributed by atoms with Crippen LogP contribution < -0.4 is 0 Å². The van der Waals surface area contributed by atoms with Crippen molar-refractivity contribution in [3.63, 3.8) is 0 Å². The number of halogens is 4. The Morgan fingerprint density at radius 1 is 1.12 bits per heavy atom. The van der Waals surface area contributed by atoms with Crippen LogP contribution in [0.4, 0.5) is 0 Å². The maximum atomic E-state index is 5.47. The molecule has 0 spiro atoms. The summed E-state index contributed by atoms with van der Waals surface area (Å²) in [5.74, 6) is 1.18. The highest BCUT2D eigenvalue weighted by molar-refractivity contribution is 8.79. The lowest BCUT2D eigenvalue weighted by molar-refractivity contribution is 1.12. The van der Waals surface area contributed by atoms with Crippen molar-refractivity contribution in [1.29, 1.82) is 0 Å². The second kappa shape index (κ2) is 4.35. The quantitative estimate of drug-likeness (QED) is 0.627. The molecule has 0 atom stereocenters. The van der Waals surface area contributed by atoms with Gasteiger partial charge in [0, 0.05) is 11.6 Å². The molecule has 0 aliphatic heterocycles. The second-order valence-electron chi connectivity index (χ2n) is 1.25. The molecule has 0 heterocycles. The fourth-order valence-electron chi connectivity index (χ4n) is 0.218. The Bertz CT molecular complexity index is 58.8. The molecular formula is C3H6Cl4S. The molecule has 8 heavy (non-hydrogen) atoms. The van der Waals surface area contributed by atoms with Gasteiger partial charge in [0.05, 0.1) is 0 Å². The van der Waals surface area contributed by atoms with E-state index < -0.39 is 7.67 Å². The molecule has 0 fully saturated rings. The predicted molar refractivity (Wildman–Crippen MR) is 45.4 cm³/mol. The highest BCUT2D eigenvalue weighted by atomic mass is 36.2. The summed E-state index contributed by atoms with van der Waals surface area (Å²) in [6, 6.07) is 0. The van der Waals surface area contributed by atoms with E-state index in [1.54, 1.807) is 0 Å².